The maximum Gasteiger partial charge on any atom is 0.410 e. The first-order chi connectivity index (χ1) is 7.81. The van der Waals surface area contributed by atoms with Crippen LogP contribution >= 0.6 is 0 Å². The molecule has 96 valence electrons. The van der Waals surface area contributed by atoms with Gasteiger partial charge in [-0.05, 0) is 33.3 Å². The van der Waals surface area contributed by atoms with Crippen LogP contribution in [0.5, 0.6) is 0 Å². The van der Waals surface area contributed by atoms with E-state index in [-0.39, 0.29) is 18.0 Å². The van der Waals surface area contributed by atoms with Crippen LogP contribution in [0.25, 0.3) is 0 Å². The largest absolute Gasteiger partial charge is 0.444 e. The molecule has 1 aliphatic heterocycles. The van der Waals surface area contributed by atoms with Crippen LogP contribution in [0.3, 0.4) is 0 Å². The fraction of sp³-hybridized carbons (Fsp3) is 0.667. The Labute approximate surface area is 102 Å². The summed E-state index contributed by atoms with van der Waals surface area (Å²) in [5.74, 6) is -0.207. The van der Waals surface area contributed by atoms with Crippen molar-refractivity contribution in [1.29, 1.82) is 0 Å². The lowest BCUT2D eigenvalue weighted by Gasteiger charge is -2.24. The molecule has 1 heterocycles. The van der Waals surface area contributed by atoms with Crippen LogP contribution in [0.4, 0.5) is 4.79 Å². The zero-order valence-corrected chi connectivity index (χ0v) is 10.7. The molecule has 2 amide bonds. The molecule has 0 bridgehead atoms. The third-order valence-corrected chi connectivity index (χ3v) is 2.37. The van der Waals surface area contributed by atoms with Crippen molar-refractivity contribution >= 4 is 12.0 Å². The lowest BCUT2D eigenvalue weighted by atomic mass is 10.2. The molecular weight excluding hydrogens is 220 g/mol. The third-order valence-electron chi connectivity index (χ3n) is 2.37. The van der Waals surface area contributed by atoms with Crippen LogP contribution in [0, 0.1) is 0 Å². The molecule has 1 N–H and O–H groups in total. The Kier molecular flexibility index (Phi) is 4.15. The summed E-state index contributed by atoms with van der Waals surface area (Å²) >= 11 is 0. The standard InChI is InChI=1S/C12H20N2O3/c1-5-10(15)13-9-6-7-14(8-9)11(16)17-12(2,3)4/h5,9H,1,6-8H2,2-4H3,(H,13,15)/t9-/m0/s1. The number of carbonyl (C=O) groups excluding carboxylic acids is 2. The van der Waals surface area contributed by atoms with E-state index in [1.807, 2.05) is 20.8 Å². The summed E-state index contributed by atoms with van der Waals surface area (Å²) in [6.45, 7) is 9.98. The van der Waals surface area contributed by atoms with Crippen molar-refractivity contribution in [3.63, 3.8) is 0 Å². The number of amides is 2. The van der Waals surface area contributed by atoms with Gasteiger partial charge in [0.2, 0.25) is 5.91 Å². The molecule has 0 aromatic carbocycles. The molecular formula is C12H20N2O3. The van der Waals surface area contributed by atoms with Gasteiger partial charge in [-0.3, -0.25) is 4.79 Å². The molecule has 0 spiro atoms. The average Bonchev–Trinajstić information content (AvgIpc) is 2.63. The van der Waals surface area contributed by atoms with Crippen LogP contribution in [0.2, 0.25) is 0 Å². The van der Waals surface area contributed by atoms with E-state index in [4.69, 9.17) is 4.74 Å². The number of likely N-dealkylation sites (tertiary alicyclic amines) is 1. The van der Waals surface area contributed by atoms with E-state index < -0.39 is 5.60 Å². The minimum atomic E-state index is -0.487. The number of ether oxygens (including phenoxy) is 1. The molecule has 0 aromatic rings. The van der Waals surface area contributed by atoms with Crippen LogP contribution in [-0.4, -0.2) is 41.6 Å². The van der Waals surface area contributed by atoms with Crippen molar-refractivity contribution in [2.75, 3.05) is 13.1 Å². The number of carbonyl (C=O) groups is 2. The zero-order valence-electron chi connectivity index (χ0n) is 10.7. The molecule has 5 nitrogen and oxygen atoms in total. The molecule has 1 aliphatic rings. The highest BCUT2D eigenvalue weighted by Gasteiger charge is 2.30. The Bertz CT molecular complexity index is 320. The number of hydrogen-bond donors (Lipinski definition) is 1. The smallest absolute Gasteiger partial charge is 0.410 e. The summed E-state index contributed by atoms with van der Waals surface area (Å²) in [6.07, 6.45) is 1.66. The second kappa shape index (κ2) is 5.21. The van der Waals surface area contributed by atoms with Crippen molar-refractivity contribution in [2.24, 2.45) is 0 Å². The van der Waals surface area contributed by atoms with E-state index in [0.717, 1.165) is 6.42 Å². The second-order valence-corrected chi connectivity index (χ2v) is 5.12. The van der Waals surface area contributed by atoms with Crippen molar-refractivity contribution in [2.45, 2.75) is 38.8 Å². The Hall–Kier alpha value is -1.52. The van der Waals surface area contributed by atoms with Crippen molar-refractivity contribution < 1.29 is 14.3 Å². The summed E-state index contributed by atoms with van der Waals surface area (Å²) in [6, 6.07) is -0.00646. The van der Waals surface area contributed by atoms with E-state index in [1.165, 1.54) is 6.08 Å². The molecule has 0 saturated carbocycles. The summed E-state index contributed by atoms with van der Waals surface area (Å²) in [5, 5.41) is 2.77. The lowest BCUT2D eigenvalue weighted by molar-refractivity contribution is -0.117. The van der Waals surface area contributed by atoms with Gasteiger partial charge < -0.3 is 15.0 Å². The topological polar surface area (TPSA) is 58.6 Å². The lowest BCUT2D eigenvalue weighted by Crippen LogP contribution is -2.39. The minimum absolute atomic E-state index is 0.00646. The summed E-state index contributed by atoms with van der Waals surface area (Å²) in [5.41, 5.74) is -0.487. The first kappa shape index (κ1) is 13.5. The fourth-order valence-corrected chi connectivity index (χ4v) is 1.63. The van der Waals surface area contributed by atoms with Crippen molar-refractivity contribution in [1.82, 2.24) is 10.2 Å². The first-order valence-corrected chi connectivity index (χ1v) is 5.72. The molecule has 1 saturated heterocycles. The third kappa shape index (κ3) is 4.46. The second-order valence-electron chi connectivity index (χ2n) is 5.12. The molecule has 0 unspecified atom stereocenters. The number of nitrogens with zero attached hydrogens (tertiary/aromatic N) is 1. The first-order valence-electron chi connectivity index (χ1n) is 5.72. The van der Waals surface area contributed by atoms with Gasteiger partial charge in [-0.1, -0.05) is 6.58 Å². The Morgan fingerprint density at radius 1 is 1.47 bits per heavy atom. The van der Waals surface area contributed by atoms with Crippen molar-refractivity contribution in [3.8, 4) is 0 Å². The monoisotopic (exact) mass is 240 g/mol. The summed E-state index contributed by atoms with van der Waals surface area (Å²) < 4.78 is 5.26. The van der Waals surface area contributed by atoms with Crippen LogP contribution < -0.4 is 5.32 Å². The van der Waals surface area contributed by atoms with Gasteiger partial charge in [-0.15, -0.1) is 0 Å². The van der Waals surface area contributed by atoms with Gasteiger partial charge in [0.15, 0.2) is 0 Å². The van der Waals surface area contributed by atoms with Crippen LogP contribution in [0.1, 0.15) is 27.2 Å². The Morgan fingerprint density at radius 2 is 2.12 bits per heavy atom. The van der Waals surface area contributed by atoms with Gasteiger partial charge in [0.05, 0.1) is 0 Å². The predicted octanol–water partition coefficient (Wildman–Crippen LogP) is 1.30. The van der Waals surface area contributed by atoms with Gasteiger partial charge in [-0.2, -0.15) is 0 Å². The number of rotatable bonds is 2. The Morgan fingerprint density at radius 3 is 2.65 bits per heavy atom. The van der Waals surface area contributed by atoms with E-state index in [0.29, 0.717) is 13.1 Å². The highest BCUT2D eigenvalue weighted by molar-refractivity contribution is 5.87. The summed E-state index contributed by atoms with van der Waals surface area (Å²) in [4.78, 5) is 24.5. The normalized spacial score (nSPS) is 19.9. The fourth-order valence-electron chi connectivity index (χ4n) is 1.63. The van der Waals surface area contributed by atoms with Crippen LogP contribution in [0.15, 0.2) is 12.7 Å². The molecule has 1 fully saturated rings. The molecule has 1 atom stereocenters. The van der Waals surface area contributed by atoms with Gasteiger partial charge in [0, 0.05) is 19.1 Å². The SMILES string of the molecule is C=CC(=O)N[C@H]1CCN(C(=O)OC(C)(C)C)C1. The van der Waals surface area contributed by atoms with Crippen molar-refractivity contribution in [3.05, 3.63) is 12.7 Å². The molecule has 1 rings (SSSR count). The van der Waals surface area contributed by atoms with E-state index in [2.05, 4.69) is 11.9 Å². The van der Waals surface area contributed by atoms with Gasteiger partial charge >= 0.3 is 6.09 Å². The maximum atomic E-state index is 11.7. The predicted molar refractivity (Wildman–Crippen MR) is 64.6 cm³/mol. The maximum absolute atomic E-state index is 11.7. The Balaban J connectivity index is 2.42. The average molecular weight is 240 g/mol. The minimum Gasteiger partial charge on any atom is -0.444 e. The highest BCUT2D eigenvalue weighted by Crippen LogP contribution is 2.15. The van der Waals surface area contributed by atoms with Gasteiger partial charge in [-0.25, -0.2) is 4.79 Å². The van der Waals surface area contributed by atoms with E-state index >= 15 is 0 Å². The molecule has 0 radical (unpaired) electrons. The number of nitrogens with one attached hydrogen (secondary N) is 1. The zero-order chi connectivity index (χ0) is 13.1. The van der Waals surface area contributed by atoms with E-state index in [9.17, 15) is 9.59 Å². The van der Waals surface area contributed by atoms with Crippen LogP contribution in [-0.2, 0) is 9.53 Å². The van der Waals surface area contributed by atoms with E-state index in [1.54, 1.807) is 4.90 Å². The van der Waals surface area contributed by atoms with Gasteiger partial charge in [0.1, 0.15) is 5.60 Å². The number of hydrogen-bond acceptors (Lipinski definition) is 3. The molecule has 0 aliphatic carbocycles. The molecule has 5 heteroatoms. The summed E-state index contributed by atoms with van der Waals surface area (Å²) in [7, 11) is 0. The highest BCUT2D eigenvalue weighted by atomic mass is 16.6. The quantitative estimate of drug-likeness (QED) is 0.740. The molecule has 0 aromatic heterocycles. The van der Waals surface area contributed by atoms with Gasteiger partial charge in [0.25, 0.3) is 0 Å². The molecule has 17 heavy (non-hydrogen) atoms.